The number of rotatable bonds is 7. The highest BCUT2D eigenvalue weighted by Gasteiger charge is 2.34. The van der Waals surface area contributed by atoms with E-state index in [-0.39, 0.29) is 12.3 Å². The van der Waals surface area contributed by atoms with Crippen LogP contribution < -0.4 is 14.8 Å². The Morgan fingerprint density at radius 2 is 1.81 bits per heavy atom. The van der Waals surface area contributed by atoms with Crippen molar-refractivity contribution in [2.75, 3.05) is 6.61 Å². The minimum absolute atomic E-state index is 0.0243. The maximum Gasteiger partial charge on any atom is 0.419 e. The largest absolute Gasteiger partial charge is 0.483 e. The Morgan fingerprint density at radius 3 is 2.50 bits per heavy atom. The molecule has 9 heteroatoms. The van der Waals surface area contributed by atoms with Gasteiger partial charge in [0.1, 0.15) is 11.5 Å². The second-order valence-electron chi connectivity index (χ2n) is 5.09. The van der Waals surface area contributed by atoms with E-state index in [0.29, 0.717) is 5.56 Å². The molecule has 0 bridgehead atoms. The Labute approximate surface area is 145 Å². The number of amides is 1. The first-order valence-electron chi connectivity index (χ1n) is 7.35. The molecule has 1 N–H and O–H groups in total. The molecular weight excluding hydrogens is 361 g/mol. The number of halogens is 5. The second kappa shape index (κ2) is 8.50. The maximum absolute atomic E-state index is 12.8. The minimum Gasteiger partial charge on any atom is -0.483 e. The summed E-state index contributed by atoms with van der Waals surface area (Å²) in [6.07, 6.45) is -4.60. The summed E-state index contributed by atoms with van der Waals surface area (Å²) in [4.78, 5) is 11.7. The molecule has 0 spiro atoms. The van der Waals surface area contributed by atoms with E-state index >= 15 is 0 Å². The molecule has 0 atom stereocenters. The van der Waals surface area contributed by atoms with Gasteiger partial charge >= 0.3 is 12.8 Å². The first-order chi connectivity index (χ1) is 12.3. The number of benzene rings is 2. The molecule has 0 aromatic heterocycles. The molecule has 0 heterocycles. The maximum atomic E-state index is 12.8. The molecule has 0 saturated heterocycles. The van der Waals surface area contributed by atoms with Crippen molar-refractivity contribution in [2.24, 2.45) is 0 Å². The zero-order chi connectivity index (χ0) is 19.2. The van der Waals surface area contributed by atoms with Crippen molar-refractivity contribution < 1.29 is 36.2 Å². The molecule has 2 aromatic rings. The standard InChI is InChI=1S/C17H14F5NO3/c18-16(19)26-12-5-3-4-11(8-12)9-23-15(24)10-25-14-7-2-1-6-13(14)17(20,21)22/h1-8,16H,9-10H2,(H,23,24). The molecule has 0 saturated carbocycles. The summed E-state index contributed by atoms with van der Waals surface area (Å²) in [5, 5.41) is 2.42. The Balaban J connectivity index is 1.89. The van der Waals surface area contributed by atoms with Crippen molar-refractivity contribution in [1.82, 2.24) is 5.32 Å². The van der Waals surface area contributed by atoms with Crippen LogP contribution in [0.15, 0.2) is 48.5 Å². The molecule has 2 rings (SSSR count). The third kappa shape index (κ3) is 5.91. The van der Waals surface area contributed by atoms with E-state index in [1.54, 1.807) is 6.07 Å². The summed E-state index contributed by atoms with van der Waals surface area (Å²) in [6, 6.07) is 10.2. The molecule has 26 heavy (non-hydrogen) atoms. The van der Waals surface area contributed by atoms with Gasteiger partial charge in [0, 0.05) is 6.54 Å². The monoisotopic (exact) mass is 375 g/mol. The zero-order valence-electron chi connectivity index (χ0n) is 13.2. The van der Waals surface area contributed by atoms with Gasteiger partial charge in [-0.1, -0.05) is 24.3 Å². The van der Waals surface area contributed by atoms with Crippen LogP contribution in [0.2, 0.25) is 0 Å². The lowest BCUT2D eigenvalue weighted by Gasteiger charge is -2.13. The Kier molecular flexibility index (Phi) is 6.37. The second-order valence-corrected chi connectivity index (χ2v) is 5.09. The molecule has 0 fully saturated rings. The Bertz CT molecular complexity index is 749. The van der Waals surface area contributed by atoms with Crippen molar-refractivity contribution in [3.8, 4) is 11.5 Å². The van der Waals surface area contributed by atoms with Crippen LogP contribution in [0.3, 0.4) is 0 Å². The van der Waals surface area contributed by atoms with Crippen molar-refractivity contribution >= 4 is 5.91 Å². The Hall–Kier alpha value is -2.84. The fourth-order valence-electron chi connectivity index (χ4n) is 2.05. The van der Waals surface area contributed by atoms with Gasteiger partial charge in [0.2, 0.25) is 0 Å². The third-order valence-corrected chi connectivity index (χ3v) is 3.16. The van der Waals surface area contributed by atoms with E-state index in [0.717, 1.165) is 12.1 Å². The molecule has 0 aliphatic rings. The van der Waals surface area contributed by atoms with Crippen molar-refractivity contribution in [1.29, 1.82) is 0 Å². The van der Waals surface area contributed by atoms with Crippen LogP contribution in [0.1, 0.15) is 11.1 Å². The van der Waals surface area contributed by atoms with Crippen LogP contribution in [-0.4, -0.2) is 19.1 Å². The first kappa shape index (κ1) is 19.5. The summed E-state index contributed by atoms with van der Waals surface area (Å²) in [6.45, 7) is -3.62. The lowest BCUT2D eigenvalue weighted by molar-refractivity contribution is -0.139. The molecule has 2 aromatic carbocycles. The van der Waals surface area contributed by atoms with E-state index < -0.39 is 36.6 Å². The summed E-state index contributed by atoms with van der Waals surface area (Å²) in [5.41, 5.74) is -0.503. The van der Waals surface area contributed by atoms with E-state index in [1.165, 1.54) is 30.3 Å². The van der Waals surface area contributed by atoms with Crippen LogP contribution in [-0.2, 0) is 17.5 Å². The average molecular weight is 375 g/mol. The average Bonchev–Trinajstić information content (AvgIpc) is 2.57. The number of nitrogens with one attached hydrogen (secondary N) is 1. The van der Waals surface area contributed by atoms with Gasteiger partial charge in [0.25, 0.3) is 5.91 Å². The summed E-state index contributed by atoms with van der Waals surface area (Å²) in [7, 11) is 0. The molecule has 0 aliphatic heterocycles. The predicted molar refractivity (Wildman–Crippen MR) is 81.9 cm³/mol. The highest BCUT2D eigenvalue weighted by atomic mass is 19.4. The molecule has 4 nitrogen and oxygen atoms in total. The lowest BCUT2D eigenvalue weighted by Crippen LogP contribution is -2.28. The van der Waals surface area contributed by atoms with Gasteiger partial charge in [-0.3, -0.25) is 4.79 Å². The normalized spacial score (nSPS) is 11.3. The number of para-hydroxylation sites is 1. The van der Waals surface area contributed by atoms with E-state index in [1.807, 2.05) is 0 Å². The SMILES string of the molecule is O=C(COc1ccccc1C(F)(F)F)NCc1cccc(OC(F)F)c1. The van der Waals surface area contributed by atoms with Gasteiger partial charge in [-0.25, -0.2) is 0 Å². The molecule has 0 unspecified atom stereocenters. The van der Waals surface area contributed by atoms with Gasteiger partial charge in [0.15, 0.2) is 6.61 Å². The number of ether oxygens (including phenoxy) is 2. The van der Waals surface area contributed by atoms with Crippen LogP contribution in [0, 0.1) is 0 Å². The van der Waals surface area contributed by atoms with Crippen molar-refractivity contribution in [3.63, 3.8) is 0 Å². The van der Waals surface area contributed by atoms with E-state index in [4.69, 9.17) is 4.74 Å². The minimum atomic E-state index is -4.60. The number of hydrogen-bond donors (Lipinski definition) is 1. The van der Waals surface area contributed by atoms with Gasteiger partial charge in [-0.2, -0.15) is 22.0 Å². The summed E-state index contributed by atoms with van der Waals surface area (Å²) >= 11 is 0. The lowest BCUT2D eigenvalue weighted by atomic mass is 10.2. The first-order valence-corrected chi connectivity index (χ1v) is 7.35. The van der Waals surface area contributed by atoms with Crippen LogP contribution in [0.5, 0.6) is 11.5 Å². The van der Waals surface area contributed by atoms with Crippen LogP contribution >= 0.6 is 0 Å². The number of hydrogen-bond acceptors (Lipinski definition) is 3. The predicted octanol–water partition coefficient (Wildman–Crippen LogP) is 4.00. The molecule has 0 radical (unpaired) electrons. The number of carbonyl (C=O) groups is 1. The van der Waals surface area contributed by atoms with Crippen LogP contribution in [0.25, 0.3) is 0 Å². The number of alkyl halides is 5. The Morgan fingerprint density at radius 1 is 1.08 bits per heavy atom. The van der Waals surface area contributed by atoms with E-state index in [2.05, 4.69) is 10.1 Å². The van der Waals surface area contributed by atoms with Gasteiger partial charge in [-0.05, 0) is 29.8 Å². The fraction of sp³-hybridized carbons (Fsp3) is 0.235. The summed E-state index contributed by atoms with van der Waals surface area (Å²) < 4.78 is 72.0. The smallest absolute Gasteiger partial charge is 0.419 e. The molecular formula is C17H14F5NO3. The van der Waals surface area contributed by atoms with Gasteiger partial charge < -0.3 is 14.8 Å². The molecule has 1 amide bonds. The van der Waals surface area contributed by atoms with Gasteiger partial charge in [0.05, 0.1) is 5.56 Å². The van der Waals surface area contributed by atoms with Gasteiger partial charge in [-0.15, -0.1) is 0 Å². The number of carbonyl (C=O) groups excluding carboxylic acids is 1. The third-order valence-electron chi connectivity index (χ3n) is 3.16. The quantitative estimate of drug-likeness (QED) is 0.744. The highest BCUT2D eigenvalue weighted by molar-refractivity contribution is 5.77. The highest BCUT2D eigenvalue weighted by Crippen LogP contribution is 2.35. The molecule has 0 aliphatic carbocycles. The van der Waals surface area contributed by atoms with Crippen molar-refractivity contribution in [2.45, 2.75) is 19.3 Å². The zero-order valence-corrected chi connectivity index (χ0v) is 13.2. The van der Waals surface area contributed by atoms with Crippen molar-refractivity contribution in [3.05, 3.63) is 59.7 Å². The fourth-order valence-corrected chi connectivity index (χ4v) is 2.05. The van der Waals surface area contributed by atoms with E-state index in [9.17, 15) is 26.7 Å². The van der Waals surface area contributed by atoms with Crippen LogP contribution in [0.4, 0.5) is 22.0 Å². The summed E-state index contributed by atoms with van der Waals surface area (Å²) in [5.74, 6) is -1.19. The topological polar surface area (TPSA) is 47.6 Å². The molecule has 140 valence electrons.